The summed E-state index contributed by atoms with van der Waals surface area (Å²) < 4.78 is 2.71. The molecule has 0 radical (unpaired) electrons. The molecule has 0 aromatic rings. The van der Waals surface area contributed by atoms with Crippen LogP contribution in [-0.4, -0.2) is 0 Å². The monoisotopic (exact) mass is 356 g/mol. The number of allylic oxidation sites excluding steroid dienone is 4. The maximum absolute atomic E-state index is 3.75. The van der Waals surface area contributed by atoms with E-state index in [-0.39, 0.29) is 0 Å². The Morgan fingerprint density at radius 3 is 2.35 bits per heavy atom. The van der Waals surface area contributed by atoms with Gasteiger partial charge in [-0.2, -0.15) is 0 Å². The average Bonchev–Trinajstić information content (AvgIpc) is 2.44. The number of halogens is 2. The molecule has 0 heterocycles. The van der Waals surface area contributed by atoms with Gasteiger partial charge in [-0.05, 0) is 90.1 Å². The summed E-state index contributed by atoms with van der Waals surface area (Å²) in [6.45, 7) is 0. The van der Waals surface area contributed by atoms with E-state index in [1.165, 1.54) is 41.1 Å². The van der Waals surface area contributed by atoms with Gasteiger partial charge in [-0.15, -0.1) is 0 Å². The molecule has 0 aromatic carbocycles. The molecule has 92 valence electrons. The minimum Gasteiger partial charge on any atom is -0.0622 e. The van der Waals surface area contributed by atoms with Crippen LogP contribution < -0.4 is 0 Å². The van der Waals surface area contributed by atoms with Crippen molar-refractivity contribution in [2.24, 2.45) is 29.6 Å². The molecule has 5 rings (SSSR count). The molecule has 5 aliphatic rings. The van der Waals surface area contributed by atoms with Crippen molar-refractivity contribution in [1.82, 2.24) is 0 Å². The minimum atomic E-state index is 0.867. The molecular formula is C15H18Br2. The predicted octanol–water partition coefficient (Wildman–Crippen LogP) is 5.39. The first-order valence-electron chi connectivity index (χ1n) is 6.96. The van der Waals surface area contributed by atoms with E-state index in [0.29, 0.717) is 0 Å². The zero-order valence-corrected chi connectivity index (χ0v) is 13.1. The zero-order valence-electron chi connectivity index (χ0n) is 9.96. The van der Waals surface area contributed by atoms with E-state index < -0.39 is 0 Å². The Bertz CT molecular complexity index is 407. The Balaban J connectivity index is 1.79. The van der Waals surface area contributed by atoms with Crippen molar-refractivity contribution in [3.8, 4) is 0 Å². The van der Waals surface area contributed by atoms with Crippen LogP contribution in [0.4, 0.5) is 0 Å². The van der Waals surface area contributed by atoms with Gasteiger partial charge in [0.1, 0.15) is 0 Å². The SMILES string of the molecule is BrC1=C(Br)CC2C(=C1)C1CC3CC(C1)CC2C3. The van der Waals surface area contributed by atoms with Crippen LogP contribution in [0.2, 0.25) is 0 Å². The lowest BCUT2D eigenvalue weighted by Crippen LogP contribution is -2.28. The van der Waals surface area contributed by atoms with E-state index in [1.54, 1.807) is 12.0 Å². The van der Waals surface area contributed by atoms with Crippen LogP contribution in [0, 0.1) is 29.6 Å². The lowest BCUT2D eigenvalue weighted by Gasteiger charge is -2.38. The highest BCUT2D eigenvalue weighted by Gasteiger charge is 2.46. The van der Waals surface area contributed by atoms with E-state index in [4.69, 9.17) is 0 Å². The average molecular weight is 358 g/mol. The standard InChI is InChI=1S/C15H18Br2/c16-14-6-12-10-2-8-1-9(4-10)5-11(3-8)13(12)7-15(14)17/h6,8-11,13H,1-5,7H2. The number of hydrogen-bond donors (Lipinski definition) is 0. The molecule has 2 heteroatoms. The van der Waals surface area contributed by atoms with Gasteiger partial charge in [0.2, 0.25) is 0 Å². The first-order chi connectivity index (χ1) is 8.20. The van der Waals surface area contributed by atoms with Gasteiger partial charge in [0, 0.05) is 8.96 Å². The van der Waals surface area contributed by atoms with E-state index in [1.807, 2.05) is 0 Å². The second-order valence-corrected chi connectivity index (χ2v) is 8.39. The van der Waals surface area contributed by atoms with E-state index in [0.717, 1.165) is 29.6 Å². The summed E-state index contributed by atoms with van der Waals surface area (Å²) in [5, 5.41) is 0. The number of rotatable bonds is 0. The molecule has 0 saturated heterocycles. The van der Waals surface area contributed by atoms with Crippen LogP contribution in [0.15, 0.2) is 20.6 Å². The van der Waals surface area contributed by atoms with Gasteiger partial charge >= 0.3 is 0 Å². The normalized spacial score (nSPS) is 47.9. The molecule has 0 spiro atoms. The fourth-order valence-electron chi connectivity index (χ4n) is 5.10. The topological polar surface area (TPSA) is 0 Å². The van der Waals surface area contributed by atoms with Crippen molar-refractivity contribution in [1.29, 1.82) is 0 Å². The molecule has 4 saturated carbocycles. The summed E-state index contributed by atoms with van der Waals surface area (Å²) in [5.41, 5.74) is 1.80. The zero-order chi connectivity index (χ0) is 11.6. The lowest BCUT2D eigenvalue weighted by atomic mass is 9.67. The van der Waals surface area contributed by atoms with Crippen molar-refractivity contribution in [3.05, 3.63) is 20.6 Å². The summed E-state index contributed by atoms with van der Waals surface area (Å²) in [6, 6.07) is 0. The highest BCUT2D eigenvalue weighted by atomic mass is 79.9. The minimum absolute atomic E-state index is 0.867. The van der Waals surface area contributed by atoms with Crippen molar-refractivity contribution in [2.45, 2.75) is 38.5 Å². The molecule has 17 heavy (non-hydrogen) atoms. The second kappa shape index (κ2) is 3.96. The van der Waals surface area contributed by atoms with Gasteiger partial charge in [0.15, 0.2) is 0 Å². The molecular weight excluding hydrogens is 340 g/mol. The first kappa shape index (κ1) is 11.3. The molecule has 4 bridgehead atoms. The largest absolute Gasteiger partial charge is 0.0622 e. The van der Waals surface area contributed by atoms with Crippen LogP contribution in [0.25, 0.3) is 0 Å². The third-order valence-electron chi connectivity index (χ3n) is 5.59. The first-order valence-corrected chi connectivity index (χ1v) is 8.55. The Morgan fingerprint density at radius 1 is 0.941 bits per heavy atom. The molecule has 3 unspecified atom stereocenters. The van der Waals surface area contributed by atoms with Crippen LogP contribution in [0.5, 0.6) is 0 Å². The maximum Gasteiger partial charge on any atom is 0.0276 e. The summed E-state index contributed by atoms with van der Waals surface area (Å²) in [6.07, 6.45) is 11.3. The maximum atomic E-state index is 3.75. The fourth-order valence-corrected chi connectivity index (χ4v) is 5.99. The van der Waals surface area contributed by atoms with Crippen LogP contribution in [0.1, 0.15) is 38.5 Å². The van der Waals surface area contributed by atoms with E-state index in [2.05, 4.69) is 37.9 Å². The smallest absolute Gasteiger partial charge is 0.0276 e. The van der Waals surface area contributed by atoms with Gasteiger partial charge in [0.25, 0.3) is 0 Å². The third-order valence-corrected chi connectivity index (χ3v) is 7.59. The molecule has 0 N–H and O–H groups in total. The van der Waals surface area contributed by atoms with Gasteiger partial charge in [-0.25, -0.2) is 0 Å². The summed E-state index contributed by atoms with van der Waals surface area (Å²) in [7, 11) is 0. The van der Waals surface area contributed by atoms with Gasteiger partial charge in [-0.1, -0.05) is 21.5 Å². The molecule has 0 aliphatic heterocycles. The Labute approximate surface area is 120 Å². The highest BCUT2D eigenvalue weighted by Crippen LogP contribution is 2.58. The van der Waals surface area contributed by atoms with Crippen LogP contribution in [0.3, 0.4) is 0 Å². The molecule has 0 amide bonds. The van der Waals surface area contributed by atoms with E-state index >= 15 is 0 Å². The van der Waals surface area contributed by atoms with Crippen molar-refractivity contribution >= 4 is 31.9 Å². The molecule has 4 fully saturated rings. The van der Waals surface area contributed by atoms with E-state index in [9.17, 15) is 0 Å². The van der Waals surface area contributed by atoms with Gasteiger partial charge < -0.3 is 0 Å². The third kappa shape index (κ3) is 1.74. The molecule has 0 nitrogen and oxygen atoms in total. The van der Waals surface area contributed by atoms with Crippen molar-refractivity contribution < 1.29 is 0 Å². The molecule has 5 aliphatic carbocycles. The second-order valence-electron chi connectivity index (χ2n) is 6.58. The van der Waals surface area contributed by atoms with Gasteiger partial charge in [0.05, 0.1) is 0 Å². The quantitative estimate of drug-likeness (QED) is 0.545. The fraction of sp³-hybridized carbons (Fsp3) is 0.733. The Morgan fingerprint density at radius 2 is 1.65 bits per heavy atom. The predicted molar refractivity (Wildman–Crippen MR) is 78.1 cm³/mol. The van der Waals surface area contributed by atoms with Crippen molar-refractivity contribution in [3.63, 3.8) is 0 Å². The van der Waals surface area contributed by atoms with Crippen LogP contribution >= 0.6 is 31.9 Å². The Kier molecular flexibility index (Phi) is 2.63. The summed E-state index contributed by atoms with van der Waals surface area (Å²) in [4.78, 5) is 0. The lowest BCUT2D eigenvalue weighted by molar-refractivity contribution is 0.126. The van der Waals surface area contributed by atoms with Crippen LogP contribution in [-0.2, 0) is 0 Å². The number of hydrogen-bond acceptors (Lipinski definition) is 0. The highest BCUT2D eigenvalue weighted by molar-refractivity contribution is 9.14. The van der Waals surface area contributed by atoms with Gasteiger partial charge in [-0.3, -0.25) is 0 Å². The summed E-state index contributed by atoms with van der Waals surface area (Å²) in [5.74, 6) is 4.89. The van der Waals surface area contributed by atoms with Crippen molar-refractivity contribution in [2.75, 3.05) is 0 Å². The molecule has 0 aromatic heterocycles. The Hall–Kier alpha value is 0.440. The molecule has 3 atom stereocenters. The summed E-state index contributed by atoms with van der Waals surface area (Å²) >= 11 is 7.47.